The summed E-state index contributed by atoms with van der Waals surface area (Å²) >= 11 is 9.72. The molecule has 5 heteroatoms. The van der Waals surface area contributed by atoms with Crippen molar-refractivity contribution in [3.63, 3.8) is 0 Å². The van der Waals surface area contributed by atoms with Crippen LogP contribution in [0.4, 0.5) is 0 Å². The van der Waals surface area contributed by atoms with E-state index >= 15 is 0 Å². The van der Waals surface area contributed by atoms with Crippen LogP contribution >= 0.6 is 39.5 Å². The molecule has 0 bridgehead atoms. The van der Waals surface area contributed by atoms with Crippen LogP contribution < -0.4 is 5.73 Å². The molecule has 0 atom stereocenters. The third-order valence-electron chi connectivity index (χ3n) is 1.55. The first-order chi connectivity index (χ1) is 6.54. The summed E-state index contributed by atoms with van der Waals surface area (Å²) < 4.78 is 1.04. The van der Waals surface area contributed by atoms with Gasteiger partial charge in [0.2, 0.25) is 0 Å². The Morgan fingerprint density at radius 3 is 2.79 bits per heavy atom. The van der Waals surface area contributed by atoms with Gasteiger partial charge in [0.15, 0.2) is 0 Å². The molecule has 72 valence electrons. The second-order valence-electron chi connectivity index (χ2n) is 2.59. The van der Waals surface area contributed by atoms with Crippen LogP contribution in [0.25, 0.3) is 6.08 Å². The second-order valence-corrected chi connectivity index (χ2v) is 5.17. The summed E-state index contributed by atoms with van der Waals surface area (Å²) in [5.41, 5.74) is 5.71. The summed E-state index contributed by atoms with van der Waals surface area (Å²) in [6.07, 6.45) is 1.70. The van der Waals surface area contributed by atoms with E-state index in [1.165, 1.54) is 0 Å². The number of hydrogen-bond acceptors (Lipinski definition) is 3. The first-order valence-corrected chi connectivity index (χ1v) is 5.74. The molecular formula is C9H7BrN2S2. The van der Waals surface area contributed by atoms with Crippen molar-refractivity contribution >= 4 is 50.5 Å². The quantitative estimate of drug-likeness (QED) is 0.517. The van der Waals surface area contributed by atoms with Crippen molar-refractivity contribution in [2.75, 3.05) is 0 Å². The van der Waals surface area contributed by atoms with E-state index in [4.69, 9.17) is 23.2 Å². The fraction of sp³-hybridized carbons (Fsp3) is 0.111. The second kappa shape index (κ2) is 4.69. The Bertz CT molecular complexity index is 421. The summed E-state index contributed by atoms with van der Waals surface area (Å²) in [7, 11) is 0. The number of thiocarbonyl (C=S) groups is 1. The van der Waals surface area contributed by atoms with Crippen molar-refractivity contribution in [3.05, 3.63) is 25.9 Å². The molecule has 0 aliphatic rings. The number of hydrogen-bond donors (Lipinski definition) is 1. The molecule has 1 aromatic heterocycles. The highest BCUT2D eigenvalue weighted by atomic mass is 79.9. The van der Waals surface area contributed by atoms with E-state index in [0.717, 1.165) is 14.2 Å². The van der Waals surface area contributed by atoms with E-state index in [1.54, 1.807) is 17.4 Å². The monoisotopic (exact) mass is 286 g/mol. The van der Waals surface area contributed by atoms with Gasteiger partial charge in [0.05, 0.1) is 5.57 Å². The van der Waals surface area contributed by atoms with Gasteiger partial charge in [-0.15, -0.1) is 11.3 Å². The van der Waals surface area contributed by atoms with Gasteiger partial charge < -0.3 is 5.73 Å². The number of aryl methyl sites for hydroxylation is 1. The molecule has 0 saturated heterocycles. The van der Waals surface area contributed by atoms with Crippen molar-refractivity contribution in [1.29, 1.82) is 5.26 Å². The predicted molar refractivity (Wildman–Crippen MR) is 67.1 cm³/mol. The Kier molecular flexibility index (Phi) is 3.81. The minimum atomic E-state index is 0.134. The lowest BCUT2D eigenvalue weighted by Gasteiger charge is -1.91. The largest absolute Gasteiger partial charge is 0.389 e. The Morgan fingerprint density at radius 1 is 1.79 bits per heavy atom. The highest BCUT2D eigenvalue weighted by Crippen LogP contribution is 2.27. The minimum Gasteiger partial charge on any atom is -0.389 e. The van der Waals surface area contributed by atoms with Crippen molar-refractivity contribution in [2.45, 2.75) is 6.92 Å². The lowest BCUT2D eigenvalue weighted by atomic mass is 10.2. The van der Waals surface area contributed by atoms with Crippen molar-refractivity contribution < 1.29 is 0 Å². The Morgan fingerprint density at radius 2 is 2.43 bits per heavy atom. The highest BCUT2D eigenvalue weighted by Gasteiger charge is 2.03. The maximum atomic E-state index is 8.74. The zero-order valence-electron chi connectivity index (χ0n) is 7.37. The van der Waals surface area contributed by atoms with Gasteiger partial charge in [-0.05, 0) is 35.0 Å². The molecule has 2 N–H and O–H groups in total. The van der Waals surface area contributed by atoms with Crippen molar-refractivity contribution in [2.24, 2.45) is 5.73 Å². The zero-order chi connectivity index (χ0) is 10.7. The van der Waals surface area contributed by atoms with Gasteiger partial charge in [-0.3, -0.25) is 0 Å². The summed E-state index contributed by atoms with van der Waals surface area (Å²) in [6, 6.07) is 3.91. The van der Waals surface area contributed by atoms with E-state index < -0.39 is 0 Å². The third-order valence-corrected chi connectivity index (χ3v) is 3.85. The van der Waals surface area contributed by atoms with Crippen molar-refractivity contribution in [1.82, 2.24) is 0 Å². The molecule has 0 aromatic carbocycles. The highest BCUT2D eigenvalue weighted by molar-refractivity contribution is 9.10. The van der Waals surface area contributed by atoms with Crippen LogP contribution in [0.2, 0.25) is 0 Å². The molecular weight excluding hydrogens is 280 g/mol. The fourth-order valence-electron chi connectivity index (χ4n) is 0.853. The zero-order valence-corrected chi connectivity index (χ0v) is 10.6. The molecule has 2 nitrogen and oxygen atoms in total. The van der Waals surface area contributed by atoms with Crippen LogP contribution in [0.1, 0.15) is 9.75 Å². The van der Waals surface area contributed by atoms with Crippen LogP contribution in [0.5, 0.6) is 0 Å². The molecule has 0 aliphatic heterocycles. The van der Waals surface area contributed by atoms with E-state index in [-0.39, 0.29) is 4.99 Å². The maximum Gasteiger partial charge on any atom is 0.114 e. The minimum absolute atomic E-state index is 0.134. The van der Waals surface area contributed by atoms with Gasteiger partial charge in [0, 0.05) is 14.2 Å². The molecule has 0 radical (unpaired) electrons. The number of nitrogens with zero attached hydrogens (tertiary/aromatic N) is 1. The summed E-state index contributed by atoms with van der Waals surface area (Å²) in [4.78, 5) is 2.27. The van der Waals surface area contributed by atoms with E-state index in [2.05, 4.69) is 15.9 Å². The van der Waals surface area contributed by atoms with Crippen molar-refractivity contribution in [3.8, 4) is 6.07 Å². The van der Waals surface area contributed by atoms with Crippen LogP contribution in [-0.2, 0) is 0 Å². The van der Waals surface area contributed by atoms with E-state index in [9.17, 15) is 0 Å². The Balaban J connectivity index is 3.08. The molecule has 0 amide bonds. The van der Waals surface area contributed by atoms with Crippen LogP contribution in [0.3, 0.4) is 0 Å². The average Bonchev–Trinajstić information content (AvgIpc) is 2.41. The number of nitrogens with two attached hydrogens (primary N) is 1. The molecule has 1 heterocycles. The van der Waals surface area contributed by atoms with E-state index in [1.807, 2.05) is 19.1 Å². The van der Waals surface area contributed by atoms with Gasteiger partial charge >= 0.3 is 0 Å². The summed E-state index contributed by atoms with van der Waals surface area (Å²) in [6.45, 7) is 2.00. The Labute approximate surface area is 100 Å². The molecule has 1 rings (SSSR count). The number of thiophene rings is 1. The van der Waals surface area contributed by atoms with Crippen LogP contribution in [-0.4, -0.2) is 4.99 Å². The average molecular weight is 287 g/mol. The van der Waals surface area contributed by atoms with Gasteiger partial charge in [-0.2, -0.15) is 5.26 Å². The molecule has 14 heavy (non-hydrogen) atoms. The predicted octanol–water partition coefficient (Wildman–Crippen LogP) is 3.01. The lowest BCUT2D eigenvalue weighted by Crippen LogP contribution is -2.09. The molecule has 0 fully saturated rings. The normalized spacial score (nSPS) is 11.1. The summed E-state index contributed by atoms with van der Waals surface area (Å²) in [5, 5.41) is 8.74. The summed E-state index contributed by atoms with van der Waals surface area (Å²) in [5.74, 6) is 0. The van der Waals surface area contributed by atoms with Gasteiger partial charge in [-0.1, -0.05) is 12.2 Å². The van der Waals surface area contributed by atoms with E-state index in [0.29, 0.717) is 5.57 Å². The maximum absolute atomic E-state index is 8.74. The van der Waals surface area contributed by atoms with Gasteiger partial charge in [0.1, 0.15) is 11.1 Å². The first kappa shape index (κ1) is 11.4. The third kappa shape index (κ3) is 2.64. The number of halogens is 1. The lowest BCUT2D eigenvalue weighted by molar-refractivity contribution is 1.52. The fourth-order valence-corrected chi connectivity index (χ4v) is 2.46. The smallest absolute Gasteiger partial charge is 0.114 e. The standard InChI is InChI=1S/C9H7BrN2S2/c1-5-8(10)3-7(14-5)2-6(4-11)9(12)13/h2-3H,1H3,(H2,12,13)/b6-2-. The molecule has 0 saturated carbocycles. The molecule has 0 unspecified atom stereocenters. The SMILES string of the molecule is Cc1sc(/C=C(/C#N)C(N)=S)cc1Br. The number of rotatable bonds is 2. The molecule has 0 spiro atoms. The first-order valence-electron chi connectivity index (χ1n) is 3.72. The molecule has 0 aliphatic carbocycles. The van der Waals surface area contributed by atoms with Gasteiger partial charge in [-0.25, -0.2) is 0 Å². The Hall–Kier alpha value is -0.700. The van der Waals surface area contributed by atoms with Crippen LogP contribution in [0, 0.1) is 18.3 Å². The topological polar surface area (TPSA) is 49.8 Å². The molecule has 1 aromatic rings. The van der Waals surface area contributed by atoms with Gasteiger partial charge in [0.25, 0.3) is 0 Å². The number of nitriles is 1. The van der Waals surface area contributed by atoms with Crippen LogP contribution in [0.15, 0.2) is 16.1 Å².